The van der Waals surface area contributed by atoms with Gasteiger partial charge >= 0.3 is 0 Å². The van der Waals surface area contributed by atoms with E-state index in [1.54, 1.807) is 36.3 Å². The molecule has 0 saturated heterocycles. The van der Waals surface area contributed by atoms with E-state index in [9.17, 15) is 18.0 Å². The molecule has 1 aliphatic rings. The molecule has 3 aromatic rings. The number of benzene rings is 3. The first kappa shape index (κ1) is 29.5. The molecule has 1 atom stereocenters. The summed E-state index contributed by atoms with van der Waals surface area (Å²) < 4.78 is 32.8. The summed E-state index contributed by atoms with van der Waals surface area (Å²) in [6, 6.07) is 25.3. The second-order valence-electron chi connectivity index (χ2n) is 10.0. The third kappa shape index (κ3) is 8.74. The minimum Gasteiger partial charge on any atom is -0.383 e. The molecule has 0 aromatic heterocycles. The minimum atomic E-state index is -3.53. The molecule has 0 aliphatic heterocycles. The lowest BCUT2D eigenvalue weighted by Crippen LogP contribution is -2.51. The van der Waals surface area contributed by atoms with Crippen molar-refractivity contribution in [2.24, 2.45) is 0 Å². The van der Waals surface area contributed by atoms with Crippen LogP contribution in [0.4, 0.5) is 0 Å². The Kier molecular flexibility index (Phi) is 10.5. The van der Waals surface area contributed by atoms with Gasteiger partial charge in [-0.1, -0.05) is 72.8 Å². The van der Waals surface area contributed by atoms with E-state index in [1.165, 1.54) is 0 Å². The Bertz CT molecular complexity index is 1340. The van der Waals surface area contributed by atoms with Crippen LogP contribution in [0.5, 0.6) is 0 Å². The standard InChI is InChI=1S/C31H37N3O5S/c1-39-21-20-32-31(36)29(22-25-8-4-2-5-9-25)34(23-26-10-6-3-7-11-26)30(35)19-14-24-12-17-28(18-13-24)40(37,38)33-27-15-16-27/h2-13,17-18,27,29,33H,14-16,19-23H2,1H3,(H,32,36)/t29-/m0/s1. The molecule has 0 radical (unpaired) electrons. The van der Waals surface area contributed by atoms with Gasteiger partial charge in [-0.15, -0.1) is 0 Å². The normalized spacial score (nSPS) is 13.9. The van der Waals surface area contributed by atoms with Crippen LogP contribution < -0.4 is 10.0 Å². The van der Waals surface area contributed by atoms with Crippen molar-refractivity contribution in [3.8, 4) is 0 Å². The highest BCUT2D eigenvalue weighted by molar-refractivity contribution is 7.89. The van der Waals surface area contributed by atoms with Crippen LogP contribution in [-0.4, -0.2) is 57.5 Å². The van der Waals surface area contributed by atoms with Crippen molar-refractivity contribution in [2.45, 2.75) is 55.6 Å². The van der Waals surface area contributed by atoms with Gasteiger partial charge in [0.05, 0.1) is 11.5 Å². The maximum absolute atomic E-state index is 13.8. The zero-order valence-electron chi connectivity index (χ0n) is 22.8. The summed E-state index contributed by atoms with van der Waals surface area (Å²) in [6.45, 7) is 1.01. The third-order valence-electron chi connectivity index (χ3n) is 6.83. The highest BCUT2D eigenvalue weighted by Gasteiger charge is 2.30. The van der Waals surface area contributed by atoms with Crippen LogP contribution >= 0.6 is 0 Å². The molecular formula is C31H37N3O5S. The van der Waals surface area contributed by atoms with Gasteiger partial charge in [-0.25, -0.2) is 13.1 Å². The molecule has 2 N–H and O–H groups in total. The van der Waals surface area contributed by atoms with Crippen LogP contribution in [0.2, 0.25) is 0 Å². The van der Waals surface area contributed by atoms with Crippen molar-refractivity contribution in [3.05, 3.63) is 102 Å². The van der Waals surface area contributed by atoms with Gasteiger partial charge in [0, 0.05) is 39.1 Å². The Morgan fingerprint density at radius 3 is 2.12 bits per heavy atom. The van der Waals surface area contributed by atoms with Crippen molar-refractivity contribution >= 4 is 21.8 Å². The van der Waals surface area contributed by atoms with E-state index in [1.807, 2.05) is 60.7 Å². The molecule has 0 heterocycles. The largest absolute Gasteiger partial charge is 0.383 e. The molecule has 8 nitrogen and oxygen atoms in total. The van der Waals surface area contributed by atoms with Crippen molar-refractivity contribution < 1.29 is 22.7 Å². The van der Waals surface area contributed by atoms with E-state index in [0.29, 0.717) is 32.5 Å². The van der Waals surface area contributed by atoms with Gasteiger partial charge in [-0.2, -0.15) is 0 Å². The topological polar surface area (TPSA) is 105 Å². The lowest BCUT2D eigenvalue weighted by molar-refractivity contribution is -0.141. The van der Waals surface area contributed by atoms with Crippen LogP contribution in [-0.2, 0) is 43.7 Å². The molecule has 0 bridgehead atoms. The number of rotatable bonds is 15. The Morgan fingerprint density at radius 1 is 0.900 bits per heavy atom. The fourth-order valence-electron chi connectivity index (χ4n) is 4.45. The number of ether oxygens (including phenoxy) is 1. The molecule has 212 valence electrons. The Labute approximate surface area is 236 Å². The van der Waals surface area contributed by atoms with Gasteiger partial charge < -0.3 is 15.0 Å². The van der Waals surface area contributed by atoms with Gasteiger partial charge in [0.1, 0.15) is 6.04 Å². The quantitative estimate of drug-likeness (QED) is 0.276. The lowest BCUT2D eigenvalue weighted by atomic mass is 10.0. The number of carbonyl (C=O) groups is 2. The Hall–Kier alpha value is -3.53. The van der Waals surface area contributed by atoms with Gasteiger partial charge in [0.15, 0.2) is 0 Å². The highest BCUT2D eigenvalue weighted by atomic mass is 32.2. The van der Waals surface area contributed by atoms with Crippen molar-refractivity contribution in [1.29, 1.82) is 0 Å². The SMILES string of the molecule is COCCNC(=O)[C@H](Cc1ccccc1)N(Cc1ccccc1)C(=O)CCc1ccc(S(=O)(=O)NC2CC2)cc1. The molecule has 0 unspecified atom stereocenters. The van der Waals surface area contributed by atoms with E-state index in [0.717, 1.165) is 29.5 Å². The summed E-state index contributed by atoms with van der Waals surface area (Å²) in [5.41, 5.74) is 2.73. The summed E-state index contributed by atoms with van der Waals surface area (Å²) in [5.74, 6) is -0.387. The number of carbonyl (C=O) groups excluding carboxylic acids is 2. The number of nitrogens with zero attached hydrogens (tertiary/aromatic N) is 1. The first-order valence-electron chi connectivity index (χ1n) is 13.6. The zero-order chi connectivity index (χ0) is 28.4. The van der Waals surface area contributed by atoms with Crippen LogP contribution in [0, 0.1) is 0 Å². The van der Waals surface area contributed by atoms with E-state index in [2.05, 4.69) is 10.0 Å². The number of hydrogen-bond donors (Lipinski definition) is 2. The highest BCUT2D eigenvalue weighted by Crippen LogP contribution is 2.23. The average molecular weight is 564 g/mol. The zero-order valence-corrected chi connectivity index (χ0v) is 23.6. The van der Waals surface area contributed by atoms with E-state index >= 15 is 0 Å². The summed E-state index contributed by atoms with van der Waals surface area (Å²) in [6.07, 6.45) is 2.71. The molecule has 1 aliphatic carbocycles. The van der Waals surface area contributed by atoms with Crippen LogP contribution in [0.1, 0.15) is 36.0 Å². The predicted octanol–water partition coefficient (Wildman–Crippen LogP) is 3.46. The molecule has 9 heteroatoms. The molecule has 40 heavy (non-hydrogen) atoms. The molecule has 1 saturated carbocycles. The lowest BCUT2D eigenvalue weighted by Gasteiger charge is -2.31. The second kappa shape index (κ2) is 14.2. The van der Waals surface area contributed by atoms with Crippen LogP contribution in [0.3, 0.4) is 0 Å². The summed E-state index contributed by atoms with van der Waals surface area (Å²) in [4.78, 5) is 29.1. The molecule has 4 rings (SSSR count). The van der Waals surface area contributed by atoms with E-state index in [4.69, 9.17) is 4.74 Å². The fraction of sp³-hybridized carbons (Fsp3) is 0.355. The van der Waals surface area contributed by atoms with E-state index < -0.39 is 16.1 Å². The molecule has 1 fully saturated rings. The first-order chi connectivity index (χ1) is 19.4. The van der Waals surface area contributed by atoms with Crippen molar-refractivity contribution in [2.75, 3.05) is 20.3 Å². The molecule has 0 spiro atoms. The summed E-state index contributed by atoms with van der Waals surface area (Å²) >= 11 is 0. The number of amides is 2. The smallest absolute Gasteiger partial charge is 0.243 e. The minimum absolute atomic E-state index is 0.0356. The average Bonchev–Trinajstić information content (AvgIpc) is 3.78. The number of sulfonamides is 1. The molecule has 2 amide bonds. The summed E-state index contributed by atoms with van der Waals surface area (Å²) in [7, 11) is -1.96. The number of aryl methyl sites for hydroxylation is 1. The van der Waals surface area contributed by atoms with Gasteiger partial charge in [-0.05, 0) is 48.1 Å². The number of methoxy groups -OCH3 is 1. The monoisotopic (exact) mass is 563 g/mol. The van der Waals surface area contributed by atoms with E-state index in [-0.39, 0.29) is 29.2 Å². The molecule has 3 aromatic carbocycles. The van der Waals surface area contributed by atoms with Crippen LogP contribution in [0.15, 0.2) is 89.8 Å². The van der Waals surface area contributed by atoms with Gasteiger partial charge in [0.25, 0.3) is 0 Å². The van der Waals surface area contributed by atoms with Crippen molar-refractivity contribution in [1.82, 2.24) is 14.9 Å². The first-order valence-corrected chi connectivity index (χ1v) is 15.1. The fourth-order valence-corrected chi connectivity index (χ4v) is 5.75. The predicted molar refractivity (Wildman–Crippen MR) is 154 cm³/mol. The second-order valence-corrected chi connectivity index (χ2v) is 11.8. The Morgan fingerprint density at radius 2 is 1.52 bits per heavy atom. The number of nitrogens with one attached hydrogen (secondary N) is 2. The number of hydrogen-bond acceptors (Lipinski definition) is 5. The summed E-state index contributed by atoms with van der Waals surface area (Å²) in [5, 5.41) is 2.92. The van der Waals surface area contributed by atoms with Crippen molar-refractivity contribution in [3.63, 3.8) is 0 Å². The molecular weight excluding hydrogens is 526 g/mol. The third-order valence-corrected chi connectivity index (χ3v) is 8.37. The Balaban J connectivity index is 1.51. The maximum Gasteiger partial charge on any atom is 0.243 e. The maximum atomic E-state index is 13.8. The van der Waals surface area contributed by atoms with Gasteiger partial charge in [0.2, 0.25) is 21.8 Å². The van der Waals surface area contributed by atoms with Gasteiger partial charge in [-0.3, -0.25) is 9.59 Å². The van der Waals surface area contributed by atoms with Crippen LogP contribution in [0.25, 0.3) is 0 Å².